The molecule has 3 rings (SSSR count). The number of halogens is 2. The van der Waals surface area contributed by atoms with Crippen LogP contribution in [-0.4, -0.2) is 50.6 Å². The molecule has 2 amide bonds. The molecule has 2 aromatic rings. The van der Waals surface area contributed by atoms with Crippen LogP contribution in [0.1, 0.15) is 28.8 Å². The molecule has 1 N–H and O–H groups in total. The lowest BCUT2D eigenvalue weighted by molar-refractivity contribution is -0.126. The molecule has 0 aromatic heterocycles. The summed E-state index contributed by atoms with van der Waals surface area (Å²) in [6, 6.07) is 9.22. The van der Waals surface area contributed by atoms with Gasteiger partial charge in [-0.15, -0.1) is 0 Å². The predicted octanol–water partition coefficient (Wildman–Crippen LogP) is 3.82. The second-order valence-corrected chi connectivity index (χ2v) is 8.29. The molecule has 0 spiro atoms. The maximum absolute atomic E-state index is 13.1. The number of nitrogens with one attached hydrogen (secondary N) is 1. The van der Waals surface area contributed by atoms with Crippen LogP contribution < -0.4 is 14.8 Å². The SMILES string of the molecule is COc1cc(Br)c(CCNC(=O)[C@@H]2CCCN(C(=O)c3ccc(F)cc3)C2)cc1OC. The van der Waals surface area contributed by atoms with Crippen molar-refractivity contribution >= 4 is 27.7 Å². The van der Waals surface area contributed by atoms with E-state index in [-0.39, 0.29) is 23.5 Å². The van der Waals surface area contributed by atoms with Crippen LogP contribution in [0.3, 0.4) is 0 Å². The molecule has 8 heteroatoms. The van der Waals surface area contributed by atoms with Crippen molar-refractivity contribution < 1.29 is 23.5 Å². The molecule has 31 heavy (non-hydrogen) atoms. The number of hydrogen-bond donors (Lipinski definition) is 1. The van der Waals surface area contributed by atoms with Gasteiger partial charge in [-0.25, -0.2) is 4.39 Å². The van der Waals surface area contributed by atoms with Crippen molar-refractivity contribution in [3.05, 3.63) is 57.8 Å². The summed E-state index contributed by atoms with van der Waals surface area (Å²) >= 11 is 3.53. The minimum Gasteiger partial charge on any atom is -0.493 e. The number of piperidine rings is 1. The molecule has 1 atom stereocenters. The van der Waals surface area contributed by atoms with Gasteiger partial charge in [0, 0.05) is 29.7 Å². The Labute approximate surface area is 189 Å². The molecule has 6 nitrogen and oxygen atoms in total. The predicted molar refractivity (Wildman–Crippen MR) is 119 cm³/mol. The van der Waals surface area contributed by atoms with Crippen LogP contribution in [0.4, 0.5) is 4.39 Å². The summed E-state index contributed by atoms with van der Waals surface area (Å²) in [4.78, 5) is 27.0. The lowest BCUT2D eigenvalue weighted by Crippen LogP contribution is -2.45. The minimum atomic E-state index is -0.381. The Kier molecular flexibility index (Phi) is 7.90. The Hall–Kier alpha value is -2.61. The number of ether oxygens (including phenoxy) is 2. The normalized spacial score (nSPS) is 16.0. The first-order valence-electron chi connectivity index (χ1n) is 10.2. The van der Waals surface area contributed by atoms with Crippen molar-refractivity contribution in [2.45, 2.75) is 19.3 Å². The van der Waals surface area contributed by atoms with E-state index in [1.54, 1.807) is 19.1 Å². The van der Waals surface area contributed by atoms with E-state index in [9.17, 15) is 14.0 Å². The number of carbonyl (C=O) groups excluding carboxylic acids is 2. The van der Waals surface area contributed by atoms with E-state index < -0.39 is 0 Å². The zero-order valence-corrected chi connectivity index (χ0v) is 19.2. The van der Waals surface area contributed by atoms with Crippen molar-refractivity contribution in [2.24, 2.45) is 5.92 Å². The third-order valence-electron chi connectivity index (χ3n) is 5.42. The Morgan fingerprint density at radius 1 is 1.16 bits per heavy atom. The number of nitrogens with zero attached hydrogens (tertiary/aromatic N) is 1. The Bertz CT molecular complexity index is 936. The van der Waals surface area contributed by atoms with Crippen molar-refractivity contribution in [2.75, 3.05) is 33.9 Å². The zero-order chi connectivity index (χ0) is 22.4. The van der Waals surface area contributed by atoms with E-state index in [2.05, 4.69) is 21.2 Å². The maximum Gasteiger partial charge on any atom is 0.253 e. The van der Waals surface area contributed by atoms with Crippen LogP contribution in [0.5, 0.6) is 11.5 Å². The van der Waals surface area contributed by atoms with Gasteiger partial charge in [-0.05, 0) is 61.2 Å². The van der Waals surface area contributed by atoms with Gasteiger partial charge in [-0.2, -0.15) is 0 Å². The highest BCUT2D eigenvalue weighted by atomic mass is 79.9. The largest absolute Gasteiger partial charge is 0.493 e. The number of benzene rings is 2. The summed E-state index contributed by atoms with van der Waals surface area (Å²) in [5.74, 6) is 0.394. The van der Waals surface area contributed by atoms with E-state index in [1.165, 1.54) is 24.3 Å². The Morgan fingerprint density at radius 2 is 1.84 bits per heavy atom. The standard InChI is InChI=1S/C23H26BrFN2O4/c1-30-20-12-16(19(24)13-21(20)31-2)9-10-26-22(28)17-4-3-11-27(14-17)23(29)15-5-7-18(25)8-6-15/h5-8,12-13,17H,3-4,9-11,14H2,1-2H3,(H,26,28)/t17-/m1/s1. The molecule has 0 unspecified atom stereocenters. The van der Waals surface area contributed by atoms with Gasteiger partial charge in [-0.3, -0.25) is 9.59 Å². The summed E-state index contributed by atoms with van der Waals surface area (Å²) in [6.07, 6.45) is 2.11. The van der Waals surface area contributed by atoms with Gasteiger partial charge in [0.15, 0.2) is 11.5 Å². The fourth-order valence-corrected chi connectivity index (χ4v) is 4.22. The van der Waals surface area contributed by atoms with Crippen LogP contribution in [0.15, 0.2) is 40.9 Å². The van der Waals surface area contributed by atoms with Gasteiger partial charge >= 0.3 is 0 Å². The van der Waals surface area contributed by atoms with Crippen LogP contribution in [0.25, 0.3) is 0 Å². The first-order valence-corrected chi connectivity index (χ1v) is 10.9. The van der Waals surface area contributed by atoms with E-state index in [1.807, 2.05) is 12.1 Å². The molecule has 2 aromatic carbocycles. The average molecular weight is 493 g/mol. The molecule has 0 bridgehead atoms. The van der Waals surface area contributed by atoms with Crippen LogP contribution in [-0.2, 0) is 11.2 Å². The molecule has 0 aliphatic carbocycles. The fraction of sp³-hybridized carbons (Fsp3) is 0.391. The van der Waals surface area contributed by atoms with Crippen molar-refractivity contribution in [1.82, 2.24) is 10.2 Å². The monoisotopic (exact) mass is 492 g/mol. The van der Waals surface area contributed by atoms with Crippen LogP contribution >= 0.6 is 15.9 Å². The summed E-state index contributed by atoms with van der Waals surface area (Å²) in [5, 5.41) is 2.98. The quantitative estimate of drug-likeness (QED) is 0.637. The van der Waals surface area contributed by atoms with E-state index in [0.717, 1.165) is 22.9 Å². The highest BCUT2D eigenvalue weighted by Crippen LogP contribution is 2.33. The molecule has 1 aliphatic rings. The number of carbonyl (C=O) groups is 2. The Balaban J connectivity index is 1.55. The van der Waals surface area contributed by atoms with Crippen molar-refractivity contribution in [3.8, 4) is 11.5 Å². The summed E-state index contributed by atoms with van der Waals surface area (Å²) in [7, 11) is 3.16. The molecule has 1 saturated heterocycles. The molecular formula is C23H26BrFN2O4. The maximum atomic E-state index is 13.1. The lowest BCUT2D eigenvalue weighted by Gasteiger charge is -2.32. The first kappa shape index (κ1) is 23.1. The molecule has 1 heterocycles. The van der Waals surface area contributed by atoms with Crippen LogP contribution in [0.2, 0.25) is 0 Å². The molecular weight excluding hydrogens is 467 g/mol. The minimum absolute atomic E-state index is 0.0618. The number of rotatable bonds is 7. The molecule has 1 fully saturated rings. The molecule has 0 saturated carbocycles. The third-order valence-corrected chi connectivity index (χ3v) is 6.15. The summed E-state index contributed by atoms with van der Waals surface area (Å²) in [5.41, 5.74) is 1.43. The second kappa shape index (κ2) is 10.6. The smallest absolute Gasteiger partial charge is 0.253 e. The number of hydrogen-bond acceptors (Lipinski definition) is 4. The Morgan fingerprint density at radius 3 is 2.52 bits per heavy atom. The number of likely N-dealkylation sites (tertiary alicyclic amines) is 1. The molecule has 166 valence electrons. The van der Waals surface area contributed by atoms with Gasteiger partial charge in [0.1, 0.15) is 5.82 Å². The van der Waals surface area contributed by atoms with Gasteiger partial charge in [0.25, 0.3) is 5.91 Å². The molecule has 0 radical (unpaired) electrons. The van der Waals surface area contributed by atoms with Gasteiger partial charge < -0.3 is 19.7 Å². The van der Waals surface area contributed by atoms with Gasteiger partial charge in [-0.1, -0.05) is 15.9 Å². The summed E-state index contributed by atoms with van der Waals surface area (Å²) < 4.78 is 24.6. The fourth-order valence-electron chi connectivity index (χ4n) is 3.70. The third kappa shape index (κ3) is 5.76. The van der Waals surface area contributed by atoms with E-state index in [0.29, 0.717) is 43.1 Å². The van der Waals surface area contributed by atoms with E-state index >= 15 is 0 Å². The van der Waals surface area contributed by atoms with E-state index in [4.69, 9.17) is 9.47 Å². The molecule has 1 aliphatic heterocycles. The highest BCUT2D eigenvalue weighted by molar-refractivity contribution is 9.10. The first-order chi connectivity index (χ1) is 14.9. The summed E-state index contributed by atoms with van der Waals surface area (Å²) in [6.45, 7) is 1.43. The van der Waals surface area contributed by atoms with Gasteiger partial charge in [0.2, 0.25) is 5.91 Å². The van der Waals surface area contributed by atoms with Crippen molar-refractivity contribution in [3.63, 3.8) is 0 Å². The lowest BCUT2D eigenvalue weighted by atomic mass is 9.96. The number of amides is 2. The zero-order valence-electron chi connectivity index (χ0n) is 17.6. The van der Waals surface area contributed by atoms with Crippen LogP contribution in [0, 0.1) is 11.7 Å². The van der Waals surface area contributed by atoms with Crippen molar-refractivity contribution in [1.29, 1.82) is 0 Å². The average Bonchev–Trinajstić information content (AvgIpc) is 2.79. The highest BCUT2D eigenvalue weighted by Gasteiger charge is 2.28. The second-order valence-electron chi connectivity index (χ2n) is 7.44. The number of methoxy groups -OCH3 is 2. The topological polar surface area (TPSA) is 67.9 Å². The van der Waals surface area contributed by atoms with Gasteiger partial charge in [0.05, 0.1) is 20.1 Å².